The van der Waals surface area contributed by atoms with E-state index in [1.54, 1.807) is 30.9 Å². The number of ether oxygens (including phenoxy) is 1. The highest BCUT2D eigenvalue weighted by atomic mass is 32.1. The molecule has 4 nitrogen and oxygen atoms in total. The van der Waals surface area contributed by atoms with Crippen LogP contribution >= 0.6 is 11.3 Å². The van der Waals surface area contributed by atoms with Gasteiger partial charge < -0.3 is 9.64 Å². The zero-order valence-electron chi connectivity index (χ0n) is 11.5. The van der Waals surface area contributed by atoms with Crippen molar-refractivity contribution in [2.75, 3.05) is 18.6 Å². The van der Waals surface area contributed by atoms with Crippen molar-refractivity contribution in [1.82, 2.24) is 4.98 Å². The maximum absolute atomic E-state index is 12.9. The van der Waals surface area contributed by atoms with Gasteiger partial charge in [-0.3, -0.25) is 0 Å². The first-order valence-electron chi connectivity index (χ1n) is 6.16. The fourth-order valence-corrected chi connectivity index (χ4v) is 2.63. The summed E-state index contributed by atoms with van der Waals surface area (Å²) in [6.45, 7) is 3.86. The van der Waals surface area contributed by atoms with Crippen molar-refractivity contribution in [2.45, 2.75) is 13.8 Å². The first kappa shape index (κ1) is 14.5. The van der Waals surface area contributed by atoms with E-state index in [2.05, 4.69) is 4.98 Å². The molecule has 1 heterocycles. The molecule has 0 saturated heterocycles. The lowest BCUT2D eigenvalue weighted by Gasteiger charge is -2.15. The molecular weight excluding hydrogens is 279 g/mol. The average molecular weight is 294 g/mol. The third-order valence-corrected chi connectivity index (χ3v) is 3.96. The van der Waals surface area contributed by atoms with Crippen LogP contribution in [-0.2, 0) is 4.74 Å². The van der Waals surface area contributed by atoms with Crippen LogP contribution in [0.25, 0.3) is 0 Å². The van der Waals surface area contributed by atoms with E-state index in [4.69, 9.17) is 4.74 Å². The Morgan fingerprint density at radius 3 is 2.65 bits per heavy atom. The molecule has 1 aromatic heterocycles. The maximum Gasteiger partial charge on any atom is 0.350 e. The fourth-order valence-electron chi connectivity index (χ4n) is 1.69. The summed E-state index contributed by atoms with van der Waals surface area (Å²) in [6.07, 6.45) is 0. The van der Waals surface area contributed by atoms with Crippen LogP contribution in [0.1, 0.15) is 22.3 Å². The lowest BCUT2D eigenvalue weighted by Crippen LogP contribution is -2.08. The lowest BCUT2D eigenvalue weighted by molar-refractivity contribution is 0.0531. The molecule has 0 saturated carbocycles. The molecular formula is C14H15FN2O2S. The van der Waals surface area contributed by atoms with Crippen molar-refractivity contribution in [3.05, 3.63) is 40.7 Å². The molecule has 0 radical (unpaired) electrons. The molecule has 1 aromatic carbocycles. The van der Waals surface area contributed by atoms with Gasteiger partial charge in [-0.15, -0.1) is 0 Å². The molecule has 0 unspecified atom stereocenters. The predicted molar refractivity (Wildman–Crippen MR) is 77.3 cm³/mol. The summed E-state index contributed by atoms with van der Waals surface area (Å²) < 4.78 is 17.9. The number of benzene rings is 1. The van der Waals surface area contributed by atoms with Gasteiger partial charge in [0.05, 0.1) is 12.3 Å². The van der Waals surface area contributed by atoms with E-state index in [1.165, 1.54) is 23.5 Å². The number of nitrogens with zero attached hydrogens (tertiary/aromatic N) is 2. The highest BCUT2D eigenvalue weighted by Gasteiger charge is 2.18. The minimum atomic E-state index is -0.360. The van der Waals surface area contributed by atoms with Gasteiger partial charge in [0.15, 0.2) is 5.13 Å². The molecule has 0 aliphatic rings. The Hall–Kier alpha value is -1.95. The van der Waals surface area contributed by atoms with E-state index < -0.39 is 0 Å². The van der Waals surface area contributed by atoms with E-state index in [-0.39, 0.29) is 11.8 Å². The van der Waals surface area contributed by atoms with E-state index in [9.17, 15) is 9.18 Å². The van der Waals surface area contributed by atoms with E-state index in [1.807, 2.05) is 7.05 Å². The quantitative estimate of drug-likeness (QED) is 0.809. The minimum absolute atomic E-state index is 0.287. The van der Waals surface area contributed by atoms with Crippen molar-refractivity contribution < 1.29 is 13.9 Å². The van der Waals surface area contributed by atoms with Crippen LogP contribution in [0.5, 0.6) is 0 Å². The second-order valence-electron chi connectivity index (χ2n) is 4.17. The van der Waals surface area contributed by atoms with Crippen molar-refractivity contribution in [3.63, 3.8) is 0 Å². The van der Waals surface area contributed by atoms with Crippen molar-refractivity contribution >= 4 is 28.1 Å². The second kappa shape index (κ2) is 6.00. The molecule has 20 heavy (non-hydrogen) atoms. The summed E-state index contributed by atoms with van der Waals surface area (Å²) in [5.74, 6) is -0.647. The Kier molecular flexibility index (Phi) is 4.34. The third kappa shape index (κ3) is 2.96. The van der Waals surface area contributed by atoms with E-state index >= 15 is 0 Å². The number of carbonyl (C=O) groups excluding carboxylic acids is 1. The molecule has 106 valence electrons. The Morgan fingerprint density at radius 2 is 2.05 bits per heavy atom. The second-order valence-corrected chi connectivity index (χ2v) is 5.14. The van der Waals surface area contributed by atoms with Gasteiger partial charge in [-0.2, -0.15) is 0 Å². The smallest absolute Gasteiger partial charge is 0.350 e. The molecule has 2 rings (SSSR count). The maximum atomic E-state index is 12.9. The summed E-state index contributed by atoms with van der Waals surface area (Å²) in [4.78, 5) is 18.4. The molecule has 0 amide bonds. The molecule has 2 aromatic rings. The van der Waals surface area contributed by atoms with Crippen LogP contribution in [0, 0.1) is 12.7 Å². The number of esters is 1. The molecule has 0 bridgehead atoms. The van der Waals surface area contributed by atoms with Crippen molar-refractivity contribution in [1.29, 1.82) is 0 Å². The lowest BCUT2D eigenvalue weighted by atomic mass is 10.3. The molecule has 0 spiro atoms. The summed E-state index contributed by atoms with van der Waals surface area (Å²) in [7, 11) is 1.82. The van der Waals surface area contributed by atoms with Gasteiger partial charge in [-0.25, -0.2) is 14.2 Å². The number of aromatic nitrogens is 1. The number of hydrogen-bond donors (Lipinski definition) is 0. The van der Waals surface area contributed by atoms with Gasteiger partial charge in [0.25, 0.3) is 0 Å². The third-order valence-electron chi connectivity index (χ3n) is 2.75. The standard InChI is InChI=1S/C14H15FN2O2S/c1-4-19-13(18)12-9(2)16-14(20-12)17(3)11-7-5-10(15)6-8-11/h5-8H,4H2,1-3H3. The van der Waals surface area contributed by atoms with Crippen LogP contribution < -0.4 is 4.90 Å². The average Bonchev–Trinajstić information content (AvgIpc) is 2.81. The Morgan fingerprint density at radius 1 is 1.40 bits per heavy atom. The Labute approximate surface area is 120 Å². The molecule has 0 aliphatic carbocycles. The number of anilines is 2. The van der Waals surface area contributed by atoms with Gasteiger partial charge in [-0.05, 0) is 38.1 Å². The number of thiazole rings is 1. The number of halogens is 1. The topological polar surface area (TPSA) is 42.4 Å². The van der Waals surface area contributed by atoms with Gasteiger partial charge in [-0.1, -0.05) is 11.3 Å². The number of hydrogen-bond acceptors (Lipinski definition) is 5. The molecule has 0 atom stereocenters. The van der Waals surface area contributed by atoms with Crippen LogP contribution in [0.2, 0.25) is 0 Å². The van der Waals surface area contributed by atoms with E-state index in [0.29, 0.717) is 22.3 Å². The van der Waals surface area contributed by atoms with Crippen molar-refractivity contribution in [3.8, 4) is 0 Å². The minimum Gasteiger partial charge on any atom is -0.462 e. The normalized spacial score (nSPS) is 10.4. The Bertz CT molecular complexity index is 610. The molecule has 0 aliphatic heterocycles. The van der Waals surface area contributed by atoms with Gasteiger partial charge in [0, 0.05) is 12.7 Å². The first-order valence-corrected chi connectivity index (χ1v) is 6.98. The fraction of sp³-hybridized carbons (Fsp3) is 0.286. The highest BCUT2D eigenvalue weighted by Crippen LogP contribution is 2.30. The summed E-state index contributed by atoms with van der Waals surface area (Å²) >= 11 is 1.26. The summed E-state index contributed by atoms with van der Waals surface area (Å²) in [5.41, 5.74) is 1.44. The van der Waals surface area contributed by atoms with Gasteiger partial charge >= 0.3 is 5.97 Å². The van der Waals surface area contributed by atoms with E-state index in [0.717, 1.165) is 5.69 Å². The zero-order chi connectivity index (χ0) is 14.7. The monoisotopic (exact) mass is 294 g/mol. The van der Waals surface area contributed by atoms with Crippen LogP contribution in [0.3, 0.4) is 0 Å². The van der Waals surface area contributed by atoms with Crippen LogP contribution in [0.4, 0.5) is 15.2 Å². The highest BCUT2D eigenvalue weighted by molar-refractivity contribution is 7.17. The largest absolute Gasteiger partial charge is 0.462 e. The van der Waals surface area contributed by atoms with Crippen LogP contribution in [0.15, 0.2) is 24.3 Å². The number of rotatable bonds is 4. The first-order chi connectivity index (χ1) is 9.52. The van der Waals surface area contributed by atoms with Gasteiger partial charge in [0.2, 0.25) is 0 Å². The SMILES string of the molecule is CCOC(=O)c1sc(N(C)c2ccc(F)cc2)nc1C. The molecule has 0 fully saturated rings. The zero-order valence-corrected chi connectivity index (χ0v) is 12.3. The number of aryl methyl sites for hydroxylation is 1. The van der Waals surface area contributed by atoms with Crippen LogP contribution in [-0.4, -0.2) is 24.6 Å². The molecule has 6 heteroatoms. The molecule has 0 N–H and O–H groups in total. The number of carbonyl (C=O) groups is 1. The predicted octanol–water partition coefficient (Wildman–Crippen LogP) is 3.54. The summed E-state index contributed by atoms with van der Waals surface area (Å²) in [6, 6.07) is 6.10. The Balaban J connectivity index is 2.27. The summed E-state index contributed by atoms with van der Waals surface area (Å²) in [5, 5.41) is 0.664. The van der Waals surface area contributed by atoms with Crippen molar-refractivity contribution in [2.24, 2.45) is 0 Å². The van der Waals surface area contributed by atoms with Gasteiger partial charge in [0.1, 0.15) is 10.7 Å².